The van der Waals surface area contributed by atoms with Gasteiger partial charge in [-0.3, -0.25) is 4.79 Å². The molecule has 1 unspecified atom stereocenters. The van der Waals surface area contributed by atoms with E-state index in [9.17, 15) is 18.0 Å². The van der Waals surface area contributed by atoms with E-state index in [1.54, 1.807) is 37.3 Å². The van der Waals surface area contributed by atoms with Crippen LogP contribution in [0.3, 0.4) is 0 Å². The Morgan fingerprint density at radius 2 is 1.87 bits per heavy atom. The van der Waals surface area contributed by atoms with Gasteiger partial charge in [0.25, 0.3) is 5.91 Å². The summed E-state index contributed by atoms with van der Waals surface area (Å²) in [7, 11) is -3.76. The highest BCUT2D eigenvalue weighted by Crippen LogP contribution is 2.23. The van der Waals surface area contributed by atoms with Gasteiger partial charge < -0.3 is 14.5 Å². The summed E-state index contributed by atoms with van der Waals surface area (Å²) in [5.74, 6) is 0.0495. The van der Waals surface area contributed by atoms with E-state index in [4.69, 9.17) is 14.3 Å². The van der Waals surface area contributed by atoms with Crippen molar-refractivity contribution >= 4 is 26.9 Å². The summed E-state index contributed by atoms with van der Waals surface area (Å²) in [6.07, 6.45) is -0.105. The number of nitrogens with two attached hydrogens (primary N) is 1. The fourth-order valence-electron chi connectivity index (χ4n) is 2.96. The fraction of sp³-hybridized carbons (Fsp3) is 0.238. The largest absolute Gasteiger partial charge is 0.481 e. The minimum atomic E-state index is -3.76. The molecular weight excluding hydrogens is 408 g/mol. The van der Waals surface area contributed by atoms with Gasteiger partial charge in [-0.15, -0.1) is 0 Å². The van der Waals surface area contributed by atoms with Crippen LogP contribution in [0.15, 0.2) is 62.6 Å². The second kappa shape index (κ2) is 8.68. The molecule has 0 aliphatic carbocycles. The third-order valence-corrected chi connectivity index (χ3v) is 5.51. The Morgan fingerprint density at radius 3 is 2.50 bits per heavy atom. The van der Waals surface area contributed by atoms with E-state index < -0.39 is 21.8 Å². The lowest BCUT2D eigenvalue weighted by Crippen LogP contribution is -2.35. The highest BCUT2D eigenvalue weighted by Gasteiger charge is 2.16. The molecule has 0 aliphatic heterocycles. The standard InChI is InChI=1S/C21H22N2O6S/c1-3-15-10-20(24)29-19-11-16(6-9-18(15)19)28-13(2)21(25)23-12-14-4-7-17(8-5-14)30(22,26)27/h4-11,13H,3,12H2,1-2H3,(H,23,25)(H2,22,26,27). The molecule has 0 bridgehead atoms. The molecule has 3 rings (SSSR count). The normalized spacial score (nSPS) is 12.5. The molecule has 0 saturated heterocycles. The van der Waals surface area contributed by atoms with Crippen molar-refractivity contribution in [1.82, 2.24) is 5.32 Å². The summed E-state index contributed by atoms with van der Waals surface area (Å²) in [6, 6.07) is 12.5. The van der Waals surface area contributed by atoms with Crippen molar-refractivity contribution < 1.29 is 22.4 Å². The third-order valence-electron chi connectivity index (χ3n) is 4.58. The first-order valence-electron chi connectivity index (χ1n) is 9.30. The Kier molecular flexibility index (Phi) is 6.23. The van der Waals surface area contributed by atoms with Crippen molar-refractivity contribution in [2.24, 2.45) is 5.14 Å². The highest BCUT2D eigenvalue weighted by atomic mass is 32.2. The number of carbonyl (C=O) groups is 1. The van der Waals surface area contributed by atoms with Crippen molar-refractivity contribution in [2.75, 3.05) is 0 Å². The van der Waals surface area contributed by atoms with Gasteiger partial charge in [0, 0.05) is 24.1 Å². The molecule has 0 fully saturated rings. The lowest BCUT2D eigenvalue weighted by atomic mass is 10.1. The van der Waals surface area contributed by atoms with Crippen LogP contribution < -0.4 is 20.8 Å². The predicted molar refractivity (Wildman–Crippen MR) is 112 cm³/mol. The topological polar surface area (TPSA) is 129 Å². The third kappa shape index (κ3) is 5.05. The molecule has 1 aromatic heterocycles. The smallest absolute Gasteiger partial charge is 0.336 e. The van der Waals surface area contributed by atoms with Gasteiger partial charge in [-0.25, -0.2) is 18.4 Å². The molecule has 1 atom stereocenters. The monoisotopic (exact) mass is 430 g/mol. The number of sulfonamides is 1. The number of hydrogen-bond donors (Lipinski definition) is 2. The van der Waals surface area contributed by atoms with Crippen LogP contribution >= 0.6 is 0 Å². The lowest BCUT2D eigenvalue weighted by molar-refractivity contribution is -0.127. The summed E-state index contributed by atoms with van der Waals surface area (Å²) in [6.45, 7) is 3.75. The number of benzene rings is 2. The molecule has 3 N–H and O–H groups in total. The van der Waals surface area contributed by atoms with E-state index in [1.165, 1.54) is 18.2 Å². The number of rotatable bonds is 7. The molecule has 1 heterocycles. The molecule has 0 saturated carbocycles. The summed E-state index contributed by atoms with van der Waals surface area (Å²) >= 11 is 0. The van der Waals surface area contributed by atoms with E-state index in [0.717, 1.165) is 10.9 Å². The van der Waals surface area contributed by atoms with Crippen molar-refractivity contribution in [1.29, 1.82) is 0 Å². The van der Waals surface area contributed by atoms with Crippen LogP contribution in [0.25, 0.3) is 11.0 Å². The zero-order valence-electron chi connectivity index (χ0n) is 16.5. The van der Waals surface area contributed by atoms with Crippen LogP contribution in [0, 0.1) is 0 Å². The number of aryl methyl sites for hydroxylation is 1. The van der Waals surface area contributed by atoms with Gasteiger partial charge in [-0.05, 0) is 48.7 Å². The molecule has 9 heteroatoms. The maximum Gasteiger partial charge on any atom is 0.336 e. The molecule has 158 valence electrons. The zero-order chi connectivity index (χ0) is 21.9. The molecule has 0 aliphatic rings. The first-order valence-corrected chi connectivity index (χ1v) is 10.8. The number of carbonyl (C=O) groups excluding carboxylic acids is 1. The van der Waals surface area contributed by atoms with Crippen LogP contribution in [-0.4, -0.2) is 20.4 Å². The molecule has 3 aromatic rings. The van der Waals surface area contributed by atoms with Crippen LogP contribution in [0.2, 0.25) is 0 Å². The van der Waals surface area contributed by atoms with Crippen molar-refractivity contribution in [2.45, 2.75) is 37.8 Å². The Bertz CT molecular complexity index is 1230. The van der Waals surface area contributed by atoms with Gasteiger partial charge in [0.15, 0.2) is 6.10 Å². The Hall–Kier alpha value is -3.17. The summed E-state index contributed by atoms with van der Waals surface area (Å²) in [5, 5.41) is 8.61. The maximum absolute atomic E-state index is 12.3. The minimum Gasteiger partial charge on any atom is -0.481 e. The van der Waals surface area contributed by atoms with Gasteiger partial charge in [0.2, 0.25) is 10.0 Å². The second-order valence-corrected chi connectivity index (χ2v) is 8.33. The Balaban J connectivity index is 1.64. The molecule has 0 spiro atoms. The highest BCUT2D eigenvalue weighted by molar-refractivity contribution is 7.89. The first kappa shape index (κ1) is 21.5. The van der Waals surface area contributed by atoms with Crippen molar-refractivity contribution in [3.63, 3.8) is 0 Å². The minimum absolute atomic E-state index is 0.00321. The SMILES string of the molecule is CCc1cc(=O)oc2cc(OC(C)C(=O)NCc3ccc(S(N)(=O)=O)cc3)ccc12. The maximum atomic E-state index is 12.3. The van der Waals surface area contributed by atoms with Crippen LogP contribution in [0.5, 0.6) is 5.75 Å². The lowest BCUT2D eigenvalue weighted by Gasteiger charge is -2.15. The Labute approximate surface area is 173 Å². The van der Waals surface area contributed by atoms with E-state index in [1.807, 2.05) is 6.92 Å². The Morgan fingerprint density at radius 1 is 1.17 bits per heavy atom. The van der Waals surface area contributed by atoms with Crippen LogP contribution in [-0.2, 0) is 27.8 Å². The van der Waals surface area contributed by atoms with E-state index in [-0.39, 0.29) is 17.3 Å². The van der Waals surface area contributed by atoms with E-state index >= 15 is 0 Å². The van der Waals surface area contributed by atoms with Crippen molar-refractivity contribution in [3.05, 3.63) is 70.1 Å². The zero-order valence-corrected chi connectivity index (χ0v) is 17.4. The van der Waals surface area contributed by atoms with Gasteiger partial charge >= 0.3 is 5.63 Å². The number of ether oxygens (including phenoxy) is 1. The van der Waals surface area contributed by atoms with Gasteiger partial charge in [-0.2, -0.15) is 0 Å². The van der Waals surface area contributed by atoms with Gasteiger partial charge in [-0.1, -0.05) is 19.1 Å². The van der Waals surface area contributed by atoms with E-state index in [0.29, 0.717) is 23.3 Å². The predicted octanol–water partition coefficient (Wildman–Crippen LogP) is 2.09. The summed E-state index contributed by atoms with van der Waals surface area (Å²) in [5.41, 5.74) is 1.56. The average Bonchev–Trinajstić information content (AvgIpc) is 2.70. The number of hydrogen-bond acceptors (Lipinski definition) is 6. The quantitative estimate of drug-likeness (QED) is 0.552. The van der Waals surface area contributed by atoms with Gasteiger partial charge in [0.05, 0.1) is 4.90 Å². The molecule has 30 heavy (non-hydrogen) atoms. The molecule has 8 nitrogen and oxygen atoms in total. The number of fused-ring (bicyclic) bond motifs is 1. The second-order valence-electron chi connectivity index (χ2n) is 6.77. The number of nitrogens with one attached hydrogen (secondary N) is 1. The molecule has 1 amide bonds. The summed E-state index contributed by atoms with van der Waals surface area (Å²) < 4.78 is 33.5. The molecule has 0 radical (unpaired) electrons. The van der Waals surface area contributed by atoms with Crippen LogP contribution in [0.4, 0.5) is 0 Å². The van der Waals surface area contributed by atoms with E-state index in [2.05, 4.69) is 5.32 Å². The molecule has 2 aromatic carbocycles. The average molecular weight is 430 g/mol. The number of amides is 1. The van der Waals surface area contributed by atoms with Gasteiger partial charge in [0.1, 0.15) is 11.3 Å². The van der Waals surface area contributed by atoms with Crippen molar-refractivity contribution in [3.8, 4) is 5.75 Å². The number of primary sulfonamides is 1. The molecular formula is C21H22N2O6S. The van der Waals surface area contributed by atoms with Crippen LogP contribution in [0.1, 0.15) is 25.0 Å². The first-order chi connectivity index (χ1) is 14.2. The fourth-order valence-corrected chi connectivity index (χ4v) is 3.48. The summed E-state index contributed by atoms with van der Waals surface area (Å²) in [4.78, 5) is 24.0.